The monoisotopic (exact) mass is 829 g/mol. The molecule has 2 aliphatic heterocycles. The molecule has 0 aliphatic carbocycles. The van der Waals surface area contributed by atoms with Crippen LogP contribution in [0.1, 0.15) is 49.5 Å². The van der Waals surface area contributed by atoms with E-state index in [2.05, 4.69) is 63.8 Å². The van der Waals surface area contributed by atoms with Gasteiger partial charge in [-0.25, -0.2) is 0 Å². The fraction of sp³-hybridized carbons (Fsp3) is 0.333. The maximum atomic E-state index is 13.2. The van der Waals surface area contributed by atoms with E-state index in [1.807, 2.05) is 31.4 Å². The van der Waals surface area contributed by atoms with Gasteiger partial charge in [0.1, 0.15) is 6.04 Å². The van der Waals surface area contributed by atoms with E-state index in [0.29, 0.717) is 77.2 Å². The lowest BCUT2D eigenvalue weighted by atomic mass is 10.0. The number of hydrogen-bond donors (Lipinski definition) is 3. The van der Waals surface area contributed by atoms with Crippen molar-refractivity contribution in [1.29, 1.82) is 0 Å². The number of benzene rings is 4. The molecule has 1 saturated heterocycles. The molecule has 0 spiro atoms. The van der Waals surface area contributed by atoms with Crippen LogP contribution in [0.4, 0.5) is 5.69 Å². The van der Waals surface area contributed by atoms with Crippen LogP contribution in [0.15, 0.2) is 79.0 Å². The van der Waals surface area contributed by atoms with Crippen LogP contribution >= 0.6 is 0 Å². The number of aryl methyl sites for hydroxylation is 2. The lowest BCUT2D eigenvalue weighted by molar-refractivity contribution is -0.136. The van der Waals surface area contributed by atoms with Crippen molar-refractivity contribution in [3.05, 3.63) is 101 Å². The largest absolute Gasteiger partial charge is 0.382 e. The quantitative estimate of drug-likeness (QED) is 0.0782. The van der Waals surface area contributed by atoms with Crippen LogP contribution in [-0.4, -0.2) is 121 Å². The minimum absolute atomic E-state index is 0.0592. The molecule has 4 heterocycles. The van der Waals surface area contributed by atoms with Gasteiger partial charge in [-0.3, -0.25) is 43.4 Å². The molecule has 3 N–H and O–H groups in total. The number of carbonyl (C=O) groups is 5. The Hall–Kier alpha value is -6.46. The molecule has 1 fully saturated rings. The summed E-state index contributed by atoms with van der Waals surface area (Å²) in [4.78, 5) is 64.2. The van der Waals surface area contributed by atoms with E-state index in [1.54, 1.807) is 22.9 Å². The first-order valence-electron chi connectivity index (χ1n) is 20.3. The summed E-state index contributed by atoms with van der Waals surface area (Å²) in [7, 11) is 1.90. The highest BCUT2D eigenvalue weighted by molar-refractivity contribution is 6.25. The molecule has 316 valence electrons. The Morgan fingerprint density at radius 3 is 2.25 bits per heavy atom. The number of imide groups is 2. The van der Waals surface area contributed by atoms with Crippen LogP contribution in [-0.2, 0) is 35.6 Å². The minimum Gasteiger partial charge on any atom is -0.382 e. The smallest absolute Gasteiger partial charge is 0.264 e. The van der Waals surface area contributed by atoms with Crippen molar-refractivity contribution in [2.75, 3.05) is 71.3 Å². The zero-order valence-electron chi connectivity index (χ0n) is 34.0. The van der Waals surface area contributed by atoms with Crippen molar-refractivity contribution < 1.29 is 42.9 Å². The molecule has 0 bridgehead atoms. The van der Waals surface area contributed by atoms with Crippen molar-refractivity contribution >= 4 is 67.9 Å². The topological polar surface area (TPSA) is 184 Å². The number of carbonyl (C=O) groups excluding carboxylic acids is 5. The van der Waals surface area contributed by atoms with E-state index in [-0.39, 0.29) is 29.9 Å². The number of amides is 5. The van der Waals surface area contributed by atoms with E-state index < -0.39 is 29.7 Å². The first-order chi connectivity index (χ1) is 29.7. The van der Waals surface area contributed by atoms with E-state index >= 15 is 0 Å². The van der Waals surface area contributed by atoms with Gasteiger partial charge in [-0.1, -0.05) is 35.9 Å². The number of anilines is 1. The molecule has 16 heteroatoms. The highest BCUT2D eigenvalue weighted by Gasteiger charge is 2.45. The van der Waals surface area contributed by atoms with Gasteiger partial charge in [0.2, 0.25) is 11.8 Å². The number of aromatic nitrogens is 3. The number of fused-ring (bicyclic) bond motifs is 5. The summed E-state index contributed by atoms with van der Waals surface area (Å²) in [6.45, 7) is 5.72. The van der Waals surface area contributed by atoms with Gasteiger partial charge in [0.25, 0.3) is 17.7 Å². The second-order valence-corrected chi connectivity index (χ2v) is 14.9. The Bertz CT molecular complexity index is 2650. The Labute approximate surface area is 351 Å². The van der Waals surface area contributed by atoms with Gasteiger partial charge >= 0.3 is 0 Å². The Morgan fingerprint density at radius 1 is 0.787 bits per heavy atom. The van der Waals surface area contributed by atoms with Crippen LogP contribution in [0.5, 0.6) is 0 Å². The molecule has 8 rings (SSSR count). The fourth-order valence-electron chi connectivity index (χ4n) is 7.81. The molecule has 6 aromatic rings. The maximum absolute atomic E-state index is 13.2. The van der Waals surface area contributed by atoms with Crippen LogP contribution in [0.25, 0.3) is 38.4 Å². The number of rotatable bonds is 19. The average molecular weight is 830 g/mol. The number of hydrogen-bond acceptors (Lipinski definition) is 11. The third kappa shape index (κ3) is 8.88. The third-order valence-corrected chi connectivity index (χ3v) is 10.7. The highest BCUT2D eigenvalue weighted by Crippen LogP contribution is 2.34. The molecule has 0 saturated carbocycles. The van der Waals surface area contributed by atoms with Gasteiger partial charge in [-0.15, -0.1) is 0 Å². The summed E-state index contributed by atoms with van der Waals surface area (Å²) in [5, 5.41) is 17.3. The Balaban J connectivity index is 0.687. The van der Waals surface area contributed by atoms with Crippen molar-refractivity contribution in [2.45, 2.75) is 25.8 Å². The molecule has 16 nitrogen and oxygen atoms in total. The van der Waals surface area contributed by atoms with Crippen LogP contribution < -0.4 is 16.0 Å². The first kappa shape index (κ1) is 41.3. The first-order valence-corrected chi connectivity index (χ1v) is 20.3. The second-order valence-electron chi connectivity index (χ2n) is 14.9. The standard InChI is InChI=1S/C45H47N7O9/c1-28-6-7-30-25-32(10-8-29(30)24-28)51-37-11-9-31(26-34(37)35-27-50(2)49-41(35)51)42(54)47-15-17-59-19-21-61-23-22-60-20-18-58-16-14-46-36-5-3-4-33-40(36)45(57)52(44(33)56)38-12-13-39(53)48-43(38)55/h3-11,24-27,38,46H,12-23H2,1-2H3,(H,47,54)(H,48,53,55). The molecule has 5 amide bonds. The van der Waals surface area contributed by atoms with Gasteiger partial charge in [0.15, 0.2) is 5.65 Å². The summed E-state index contributed by atoms with van der Waals surface area (Å²) >= 11 is 0. The van der Waals surface area contributed by atoms with E-state index in [1.165, 1.54) is 10.9 Å². The molecule has 2 aromatic heterocycles. The molecule has 1 atom stereocenters. The summed E-state index contributed by atoms with van der Waals surface area (Å²) in [6.07, 6.45) is 2.14. The van der Waals surface area contributed by atoms with Gasteiger partial charge < -0.3 is 29.6 Å². The zero-order valence-corrected chi connectivity index (χ0v) is 34.0. The second kappa shape index (κ2) is 18.4. The van der Waals surface area contributed by atoms with E-state index in [4.69, 9.17) is 24.0 Å². The molecule has 2 aliphatic rings. The summed E-state index contributed by atoms with van der Waals surface area (Å²) < 4.78 is 26.4. The van der Waals surface area contributed by atoms with Gasteiger partial charge in [0.05, 0.1) is 69.5 Å². The van der Waals surface area contributed by atoms with Crippen molar-refractivity contribution in [3.8, 4) is 5.69 Å². The number of ether oxygens (including phenoxy) is 4. The van der Waals surface area contributed by atoms with Gasteiger partial charge in [-0.2, -0.15) is 5.10 Å². The number of piperidine rings is 1. The third-order valence-electron chi connectivity index (χ3n) is 10.7. The molecule has 0 radical (unpaired) electrons. The normalized spacial score (nSPS) is 15.3. The molecule has 61 heavy (non-hydrogen) atoms. The highest BCUT2D eigenvalue weighted by atomic mass is 16.6. The van der Waals surface area contributed by atoms with E-state index in [0.717, 1.165) is 37.9 Å². The van der Waals surface area contributed by atoms with Crippen molar-refractivity contribution in [3.63, 3.8) is 0 Å². The predicted octanol–water partition coefficient (Wildman–Crippen LogP) is 4.29. The predicted molar refractivity (Wildman–Crippen MR) is 227 cm³/mol. The fourth-order valence-corrected chi connectivity index (χ4v) is 7.81. The van der Waals surface area contributed by atoms with Crippen molar-refractivity contribution in [1.82, 2.24) is 29.9 Å². The Morgan fingerprint density at radius 2 is 1.49 bits per heavy atom. The lowest BCUT2D eigenvalue weighted by Crippen LogP contribution is -2.54. The summed E-state index contributed by atoms with van der Waals surface area (Å²) in [5.74, 6) is -2.37. The Kier molecular flexibility index (Phi) is 12.5. The minimum atomic E-state index is -1.02. The molecular formula is C45H47N7O9. The zero-order chi connectivity index (χ0) is 42.5. The van der Waals surface area contributed by atoms with Crippen LogP contribution in [0.2, 0.25) is 0 Å². The van der Waals surface area contributed by atoms with Gasteiger partial charge in [0, 0.05) is 60.5 Å². The SMILES string of the molecule is Cc1ccc2cc(-n3c4ccc(C(=O)NCCOCCOCCOCCOCCNc5cccc6c5C(=O)N(C5CCC(=O)NC5=O)C6=O)cc4c4cn(C)nc43)ccc2c1. The summed E-state index contributed by atoms with van der Waals surface area (Å²) in [6, 6.07) is 22.5. The van der Waals surface area contributed by atoms with Crippen molar-refractivity contribution in [2.24, 2.45) is 7.05 Å². The summed E-state index contributed by atoms with van der Waals surface area (Å²) in [5.41, 5.74) is 5.47. The maximum Gasteiger partial charge on any atom is 0.264 e. The lowest BCUT2D eigenvalue weighted by Gasteiger charge is -2.27. The van der Waals surface area contributed by atoms with E-state index in [9.17, 15) is 24.0 Å². The molecular weight excluding hydrogens is 783 g/mol. The average Bonchev–Trinajstić information content (AvgIpc) is 3.86. The number of nitrogens with zero attached hydrogens (tertiary/aromatic N) is 4. The van der Waals surface area contributed by atoms with Gasteiger partial charge in [-0.05, 0) is 66.6 Å². The van der Waals surface area contributed by atoms with Crippen LogP contribution in [0.3, 0.4) is 0 Å². The molecule has 1 unspecified atom stereocenters. The van der Waals surface area contributed by atoms with Crippen LogP contribution in [0, 0.1) is 6.92 Å². The molecule has 4 aromatic carbocycles. The number of nitrogens with one attached hydrogen (secondary N) is 3.